The molecule has 0 unspecified atom stereocenters. The van der Waals surface area contributed by atoms with Crippen LogP contribution in [-0.2, 0) is 16.1 Å². The Labute approximate surface area is 250 Å². The van der Waals surface area contributed by atoms with Gasteiger partial charge in [-0.15, -0.1) is 0 Å². The summed E-state index contributed by atoms with van der Waals surface area (Å²) in [6.45, 7) is 11.1. The molecule has 8 heteroatoms. The van der Waals surface area contributed by atoms with Gasteiger partial charge in [-0.1, -0.05) is 68.5 Å². The van der Waals surface area contributed by atoms with E-state index in [0.717, 1.165) is 5.56 Å². The Morgan fingerprint density at radius 1 is 1.00 bits per heavy atom. The summed E-state index contributed by atoms with van der Waals surface area (Å²) in [7, 11) is 0. The van der Waals surface area contributed by atoms with E-state index in [1.54, 1.807) is 12.1 Å². The second-order valence-corrected chi connectivity index (χ2v) is 12.2. The standard InChI is InChI=1S/C34H46N4O4/c1-25(2)29-24-42-30-15-9-8-14-28(30)32(40)35-19-11-10-16-34(33(41)36-29)17-20-37(21-18-34)23-31(39)38(26(3)4)22-27-12-6-5-7-13-27/h5-15,25-26,29H,16-24H2,1-4H3,(H,35,40)(H,36,41)/b11-10+/t29-/m0/s1. The molecule has 1 saturated heterocycles. The Kier molecular flexibility index (Phi) is 10.8. The summed E-state index contributed by atoms with van der Waals surface area (Å²) in [5.41, 5.74) is 1.01. The number of hydrogen-bond acceptors (Lipinski definition) is 5. The molecule has 0 radical (unpaired) electrons. The van der Waals surface area contributed by atoms with Gasteiger partial charge in [-0.2, -0.15) is 0 Å². The Balaban J connectivity index is 1.45. The average molecular weight is 575 g/mol. The van der Waals surface area contributed by atoms with E-state index in [-0.39, 0.29) is 42.3 Å². The number of hydrogen-bond donors (Lipinski definition) is 2. The molecule has 0 aliphatic carbocycles. The van der Waals surface area contributed by atoms with Crippen molar-refractivity contribution in [2.75, 3.05) is 32.8 Å². The molecule has 2 aliphatic rings. The first kappa shape index (κ1) is 31.3. The number of benzene rings is 2. The summed E-state index contributed by atoms with van der Waals surface area (Å²) in [6.07, 6.45) is 5.81. The highest BCUT2D eigenvalue weighted by atomic mass is 16.5. The molecule has 226 valence electrons. The molecule has 2 aliphatic heterocycles. The number of likely N-dealkylation sites (tertiary alicyclic amines) is 1. The summed E-state index contributed by atoms with van der Waals surface area (Å²) in [6, 6.07) is 17.1. The lowest BCUT2D eigenvalue weighted by Crippen LogP contribution is -2.54. The molecule has 1 atom stereocenters. The number of fused-ring (bicyclic) bond motifs is 1. The van der Waals surface area contributed by atoms with E-state index in [2.05, 4.69) is 29.4 Å². The zero-order valence-corrected chi connectivity index (χ0v) is 25.5. The first-order chi connectivity index (χ1) is 20.2. The number of nitrogens with zero attached hydrogens (tertiary/aromatic N) is 2. The third-order valence-corrected chi connectivity index (χ3v) is 8.52. The minimum Gasteiger partial charge on any atom is -0.491 e. The van der Waals surface area contributed by atoms with Crippen molar-refractivity contribution in [3.8, 4) is 5.75 Å². The Bertz CT molecular complexity index is 1240. The summed E-state index contributed by atoms with van der Waals surface area (Å²) in [4.78, 5) is 44.2. The Morgan fingerprint density at radius 3 is 2.38 bits per heavy atom. The predicted octanol–water partition coefficient (Wildman–Crippen LogP) is 4.42. The number of para-hydroxylation sites is 1. The molecule has 2 aromatic carbocycles. The lowest BCUT2D eigenvalue weighted by molar-refractivity contribution is -0.137. The zero-order chi connectivity index (χ0) is 30.1. The fourth-order valence-electron chi connectivity index (χ4n) is 5.61. The third kappa shape index (κ3) is 8.00. The van der Waals surface area contributed by atoms with E-state index in [9.17, 15) is 14.4 Å². The first-order valence-corrected chi connectivity index (χ1v) is 15.2. The van der Waals surface area contributed by atoms with Crippen LogP contribution in [0.25, 0.3) is 0 Å². The van der Waals surface area contributed by atoms with E-state index >= 15 is 0 Å². The summed E-state index contributed by atoms with van der Waals surface area (Å²) in [5, 5.41) is 6.24. The van der Waals surface area contributed by atoms with Crippen LogP contribution in [0.15, 0.2) is 66.7 Å². The molecule has 0 bridgehead atoms. The van der Waals surface area contributed by atoms with Crippen LogP contribution in [0, 0.1) is 11.3 Å². The van der Waals surface area contributed by atoms with Crippen LogP contribution >= 0.6 is 0 Å². The van der Waals surface area contributed by atoms with Gasteiger partial charge < -0.3 is 20.3 Å². The molecule has 1 spiro atoms. The van der Waals surface area contributed by atoms with Crippen molar-refractivity contribution in [2.24, 2.45) is 11.3 Å². The average Bonchev–Trinajstić information content (AvgIpc) is 2.98. The molecule has 4 rings (SSSR count). The lowest BCUT2D eigenvalue weighted by Gasteiger charge is -2.41. The zero-order valence-electron chi connectivity index (χ0n) is 25.5. The number of rotatable bonds is 6. The van der Waals surface area contributed by atoms with E-state index < -0.39 is 5.41 Å². The number of carbonyl (C=O) groups is 3. The molecular weight excluding hydrogens is 528 g/mol. The van der Waals surface area contributed by atoms with Crippen LogP contribution < -0.4 is 15.4 Å². The van der Waals surface area contributed by atoms with E-state index in [1.165, 1.54) is 0 Å². The smallest absolute Gasteiger partial charge is 0.255 e. The van der Waals surface area contributed by atoms with Gasteiger partial charge >= 0.3 is 0 Å². The third-order valence-electron chi connectivity index (χ3n) is 8.52. The molecular formula is C34H46N4O4. The van der Waals surface area contributed by atoms with Gasteiger partial charge in [0.15, 0.2) is 0 Å². The minimum atomic E-state index is -0.586. The van der Waals surface area contributed by atoms with Crippen LogP contribution in [0.4, 0.5) is 0 Å². The van der Waals surface area contributed by atoms with Crippen molar-refractivity contribution in [1.82, 2.24) is 20.4 Å². The van der Waals surface area contributed by atoms with Crippen LogP contribution in [0.2, 0.25) is 0 Å². The van der Waals surface area contributed by atoms with Crippen LogP contribution in [-0.4, -0.2) is 72.4 Å². The Hall–Kier alpha value is -3.65. The van der Waals surface area contributed by atoms with Crippen molar-refractivity contribution < 1.29 is 19.1 Å². The molecule has 2 N–H and O–H groups in total. The first-order valence-electron chi connectivity index (χ1n) is 15.2. The van der Waals surface area contributed by atoms with Gasteiger partial charge in [-0.3, -0.25) is 19.3 Å². The molecule has 42 heavy (non-hydrogen) atoms. The highest BCUT2D eigenvalue weighted by Crippen LogP contribution is 2.36. The fourth-order valence-corrected chi connectivity index (χ4v) is 5.61. The SMILES string of the molecule is CC(C)[C@@H]1COc2ccccc2C(=O)NC/C=C/CC2(CCN(CC(=O)N(Cc3ccccc3)C(C)C)CC2)C(=O)N1. The normalized spacial score (nSPS) is 20.7. The summed E-state index contributed by atoms with van der Waals surface area (Å²) >= 11 is 0. The summed E-state index contributed by atoms with van der Waals surface area (Å²) in [5.74, 6) is 0.592. The number of ether oxygens (including phenoxy) is 1. The van der Waals surface area contributed by atoms with Crippen LogP contribution in [0.5, 0.6) is 5.75 Å². The highest BCUT2D eigenvalue weighted by Gasteiger charge is 2.42. The lowest BCUT2D eigenvalue weighted by atomic mass is 9.74. The van der Waals surface area contributed by atoms with Crippen molar-refractivity contribution in [2.45, 2.75) is 65.6 Å². The molecule has 2 aromatic rings. The molecule has 2 heterocycles. The van der Waals surface area contributed by atoms with Crippen molar-refractivity contribution >= 4 is 17.7 Å². The van der Waals surface area contributed by atoms with E-state index in [0.29, 0.717) is 63.3 Å². The topological polar surface area (TPSA) is 91.0 Å². The highest BCUT2D eigenvalue weighted by molar-refractivity contribution is 5.97. The van der Waals surface area contributed by atoms with Gasteiger partial charge in [-0.25, -0.2) is 0 Å². The van der Waals surface area contributed by atoms with Crippen molar-refractivity contribution in [3.63, 3.8) is 0 Å². The molecule has 1 fully saturated rings. The van der Waals surface area contributed by atoms with Gasteiger partial charge in [0, 0.05) is 19.1 Å². The fraction of sp³-hybridized carbons (Fsp3) is 0.500. The number of allylic oxidation sites excluding steroid dienone is 1. The number of nitrogens with one attached hydrogen (secondary N) is 2. The van der Waals surface area contributed by atoms with Crippen LogP contribution in [0.3, 0.4) is 0 Å². The van der Waals surface area contributed by atoms with Gasteiger partial charge in [-0.05, 0) is 69.8 Å². The molecule has 0 aromatic heterocycles. The number of amides is 3. The molecule has 3 amide bonds. The van der Waals surface area contributed by atoms with Gasteiger partial charge in [0.1, 0.15) is 12.4 Å². The van der Waals surface area contributed by atoms with Gasteiger partial charge in [0.2, 0.25) is 11.8 Å². The van der Waals surface area contributed by atoms with Gasteiger partial charge in [0.25, 0.3) is 5.91 Å². The Morgan fingerprint density at radius 2 is 1.69 bits per heavy atom. The van der Waals surface area contributed by atoms with Crippen molar-refractivity contribution in [1.29, 1.82) is 0 Å². The van der Waals surface area contributed by atoms with E-state index in [4.69, 9.17) is 4.74 Å². The molecule has 0 saturated carbocycles. The largest absolute Gasteiger partial charge is 0.491 e. The predicted molar refractivity (Wildman–Crippen MR) is 165 cm³/mol. The molecule has 8 nitrogen and oxygen atoms in total. The quantitative estimate of drug-likeness (QED) is 0.499. The maximum absolute atomic E-state index is 13.9. The number of piperidine rings is 1. The van der Waals surface area contributed by atoms with Crippen LogP contribution in [0.1, 0.15) is 62.9 Å². The minimum absolute atomic E-state index is 0.0303. The second-order valence-electron chi connectivity index (χ2n) is 12.2. The number of carbonyl (C=O) groups excluding carboxylic acids is 3. The van der Waals surface area contributed by atoms with Gasteiger partial charge in [0.05, 0.1) is 23.6 Å². The van der Waals surface area contributed by atoms with E-state index in [1.807, 2.05) is 73.4 Å². The summed E-state index contributed by atoms with van der Waals surface area (Å²) < 4.78 is 6.10. The van der Waals surface area contributed by atoms with Crippen molar-refractivity contribution in [3.05, 3.63) is 77.9 Å². The maximum atomic E-state index is 13.9. The monoisotopic (exact) mass is 574 g/mol. The second kappa shape index (κ2) is 14.5. The maximum Gasteiger partial charge on any atom is 0.255 e.